The Morgan fingerprint density at radius 1 is 1.53 bits per heavy atom. The number of rotatable bonds is 5. The fourth-order valence-corrected chi connectivity index (χ4v) is 3.51. The molecule has 1 aliphatic heterocycles. The summed E-state index contributed by atoms with van der Waals surface area (Å²) >= 11 is 6.89. The van der Waals surface area contributed by atoms with E-state index in [4.69, 9.17) is 4.74 Å². The van der Waals surface area contributed by atoms with Crippen molar-refractivity contribution in [2.24, 2.45) is 0 Å². The molecule has 1 rings (SSSR count). The Morgan fingerprint density at radius 3 is 2.60 bits per heavy atom. The van der Waals surface area contributed by atoms with Gasteiger partial charge in [-0.3, -0.25) is 4.79 Å². The third-order valence-electron chi connectivity index (χ3n) is 2.80. The minimum Gasteiger partial charge on any atom is -0.368 e. The number of halogens is 2. The molecule has 0 saturated carbocycles. The highest BCUT2D eigenvalue weighted by atomic mass is 79.9. The summed E-state index contributed by atoms with van der Waals surface area (Å²) in [5.41, 5.74) is -0.191. The van der Waals surface area contributed by atoms with Gasteiger partial charge in [0.25, 0.3) is 0 Å². The largest absolute Gasteiger partial charge is 0.368 e. The van der Waals surface area contributed by atoms with E-state index >= 15 is 0 Å². The van der Waals surface area contributed by atoms with E-state index in [1.807, 2.05) is 0 Å². The van der Waals surface area contributed by atoms with Gasteiger partial charge in [-0.2, -0.15) is 0 Å². The lowest BCUT2D eigenvalue weighted by Gasteiger charge is -2.31. The Balaban J connectivity index is 2.53. The molecule has 1 heterocycles. The maximum Gasteiger partial charge on any atom is 0.249 e. The molecular weight excluding hydrogens is 326 g/mol. The first kappa shape index (κ1) is 13.5. The number of ether oxygens (including phenoxy) is 1. The molecule has 1 saturated heterocycles. The van der Waals surface area contributed by atoms with E-state index in [-0.39, 0.29) is 17.6 Å². The Morgan fingerprint density at radius 2 is 2.20 bits per heavy atom. The molecule has 5 heteroatoms. The van der Waals surface area contributed by atoms with E-state index < -0.39 is 0 Å². The molecule has 1 fully saturated rings. The summed E-state index contributed by atoms with van der Waals surface area (Å²) < 4.78 is 5.35. The number of alkyl halides is 2. The Bertz CT molecular complexity index is 205. The zero-order valence-corrected chi connectivity index (χ0v) is 12.1. The Kier molecular flexibility index (Phi) is 5.57. The number of carbonyl (C=O) groups excluding carboxylic acids is 1. The molecule has 88 valence electrons. The van der Waals surface area contributed by atoms with Gasteiger partial charge in [0.2, 0.25) is 5.91 Å². The predicted molar refractivity (Wildman–Crippen MR) is 67.7 cm³/mol. The molecule has 0 spiro atoms. The van der Waals surface area contributed by atoms with Crippen LogP contribution < -0.4 is 5.32 Å². The average Bonchev–Trinajstić information content (AvgIpc) is 2.79. The van der Waals surface area contributed by atoms with Gasteiger partial charge in [0.15, 0.2) is 0 Å². The summed E-state index contributed by atoms with van der Waals surface area (Å²) in [7, 11) is 0. The van der Waals surface area contributed by atoms with Gasteiger partial charge in [-0.25, -0.2) is 0 Å². The summed E-state index contributed by atoms with van der Waals surface area (Å²) in [5.74, 6) is 0.0215. The molecule has 0 aliphatic carbocycles. The standard InChI is InChI=1S/C10H17Br2NO2/c1-2-10(6-11,7-12)13-9(14)8-4-3-5-15-8/h8H,2-7H2,1H3,(H,13,14). The molecule has 15 heavy (non-hydrogen) atoms. The molecular formula is C10H17Br2NO2. The lowest BCUT2D eigenvalue weighted by atomic mass is 10.0. The SMILES string of the molecule is CCC(CBr)(CBr)NC(=O)C1CCCO1. The zero-order chi connectivity index (χ0) is 11.3. The Labute approximate surface area is 108 Å². The summed E-state index contributed by atoms with van der Waals surface area (Å²) in [6.07, 6.45) is 2.48. The van der Waals surface area contributed by atoms with Crippen molar-refractivity contribution < 1.29 is 9.53 Å². The molecule has 3 nitrogen and oxygen atoms in total. The molecule has 1 atom stereocenters. The van der Waals surface area contributed by atoms with Crippen molar-refractivity contribution in [1.82, 2.24) is 5.32 Å². The van der Waals surface area contributed by atoms with Gasteiger partial charge >= 0.3 is 0 Å². The average molecular weight is 343 g/mol. The first-order chi connectivity index (χ1) is 7.17. The first-order valence-corrected chi connectivity index (χ1v) is 7.47. The highest BCUT2D eigenvalue weighted by molar-refractivity contribution is 9.09. The Hall–Kier alpha value is 0.390. The summed E-state index contributed by atoms with van der Waals surface area (Å²) in [5, 5.41) is 4.56. The van der Waals surface area contributed by atoms with Gasteiger partial charge in [0, 0.05) is 17.3 Å². The van der Waals surface area contributed by atoms with Crippen LogP contribution in [-0.2, 0) is 9.53 Å². The van der Waals surface area contributed by atoms with Gasteiger partial charge in [-0.15, -0.1) is 0 Å². The van der Waals surface area contributed by atoms with Crippen molar-refractivity contribution in [3.8, 4) is 0 Å². The molecule has 1 aliphatic rings. The fraction of sp³-hybridized carbons (Fsp3) is 0.900. The number of nitrogens with one attached hydrogen (secondary N) is 1. The van der Waals surface area contributed by atoms with E-state index in [1.54, 1.807) is 0 Å². The normalized spacial score (nSPS) is 21.7. The van der Waals surface area contributed by atoms with Gasteiger partial charge in [-0.1, -0.05) is 38.8 Å². The van der Waals surface area contributed by atoms with Gasteiger partial charge in [0.05, 0.1) is 5.54 Å². The van der Waals surface area contributed by atoms with E-state index in [1.165, 1.54) is 0 Å². The minimum atomic E-state index is -0.242. The second kappa shape index (κ2) is 6.21. The van der Waals surface area contributed by atoms with E-state index in [2.05, 4.69) is 44.1 Å². The van der Waals surface area contributed by atoms with Crippen molar-refractivity contribution in [2.45, 2.75) is 37.8 Å². The second-order valence-corrected chi connectivity index (χ2v) is 5.01. The molecule has 0 aromatic heterocycles. The highest BCUT2D eigenvalue weighted by Crippen LogP contribution is 2.19. The van der Waals surface area contributed by atoms with E-state index in [0.29, 0.717) is 6.61 Å². The van der Waals surface area contributed by atoms with Crippen LogP contribution in [0.1, 0.15) is 26.2 Å². The van der Waals surface area contributed by atoms with Crippen LogP contribution in [0.15, 0.2) is 0 Å². The van der Waals surface area contributed by atoms with Crippen LogP contribution in [0.25, 0.3) is 0 Å². The number of hydrogen-bond acceptors (Lipinski definition) is 2. The lowest BCUT2D eigenvalue weighted by Crippen LogP contribution is -2.54. The summed E-state index contributed by atoms with van der Waals surface area (Å²) in [6, 6.07) is 0. The third kappa shape index (κ3) is 3.43. The first-order valence-electron chi connectivity index (χ1n) is 5.23. The quantitative estimate of drug-likeness (QED) is 0.778. The molecule has 0 aromatic rings. The fourth-order valence-electron chi connectivity index (χ4n) is 1.51. The van der Waals surface area contributed by atoms with Crippen molar-refractivity contribution in [3.05, 3.63) is 0 Å². The molecule has 0 bridgehead atoms. The van der Waals surface area contributed by atoms with Crippen molar-refractivity contribution >= 4 is 37.8 Å². The molecule has 1 amide bonds. The topological polar surface area (TPSA) is 38.3 Å². The summed E-state index contributed by atoms with van der Waals surface area (Å²) in [6.45, 7) is 2.78. The lowest BCUT2D eigenvalue weighted by molar-refractivity contribution is -0.131. The molecule has 0 radical (unpaired) electrons. The van der Waals surface area contributed by atoms with E-state index in [0.717, 1.165) is 29.9 Å². The minimum absolute atomic E-state index is 0.0215. The van der Waals surface area contributed by atoms with Gasteiger partial charge in [0.1, 0.15) is 6.10 Å². The third-order valence-corrected chi connectivity index (χ3v) is 4.95. The molecule has 0 aromatic carbocycles. The molecule has 1 unspecified atom stereocenters. The van der Waals surface area contributed by atoms with Crippen LogP contribution in [0.2, 0.25) is 0 Å². The van der Waals surface area contributed by atoms with Gasteiger partial charge < -0.3 is 10.1 Å². The van der Waals surface area contributed by atoms with Gasteiger partial charge in [-0.05, 0) is 19.3 Å². The van der Waals surface area contributed by atoms with Crippen LogP contribution >= 0.6 is 31.9 Å². The van der Waals surface area contributed by atoms with Crippen molar-refractivity contribution in [3.63, 3.8) is 0 Å². The van der Waals surface area contributed by atoms with Crippen LogP contribution in [-0.4, -0.2) is 34.8 Å². The van der Waals surface area contributed by atoms with Crippen LogP contribution in [0.5, 0.6) is 0 Å². The number of carbonyl (C=O) groups is 1. The molecule has 1 N–H and O–H groups in total. The van der Waals surface area contributed by atoms with Crippen LogP contribution in [0.3, 0.4) is 0 Å². The number of amides is 1. The zero-order valence-electron chi connectivity index (χ0n) is 8.89. The van der Waals surface area contributed by atoms with Crippen molar-refractivity contribution in [2.75, 3.05) is 17.3 Å². The van der Waals surface area contributed by atoms with Crippen molar-refractivity contribution in [1.29, 1.82) is 0 Å². The highest BCUT2D eigenvalue weighted by Gasteiger charge is 2.32. The monoisotopic (exact) mass is 341 g/mol. The van der Waals surface area contributed by atoms with E-state index in [9.17, 15) is 4.79 Å². The second-order valence-electron chi connectivity index (χ2n) is 3.89. The smallest absolute Gasteiger partial charge is 0.249 e. The number of hydrogen-bond donors (Lipinski definition) is 1. The predicted octanol–water partition coefficient (Wildman–Crippen LogP) is 2.22. The van der Waals surface area contributed by atoms with Crippen LogP contribution in [0.4, 0.5) is 0 Å². The maximum absolute atomic E-state index is 11.9. The van der Waals surface area contributed by atoms with Crippen LogP contribution in [0, 0.1) is 0 Å². The summed E-state index contributed by atoms with van der Waals surface area (Å²) in [4.78, 5) is 11.9. The maximum atomic E-state index is 11.9.